The Hall–Kier alpha value is -2.52. The summed E-state index contributed by atoms with van der Waals surface area (Å²) in [6.45, 7) is -0.0369. The minimum Gasteiger partial charge on any atom is -0.482 e. The fourth-order valence-electron chi connectivity index (χ4n) is 1.68. The topological polar surface area (TPSA) is 59.3 Å². The number of thioether (sulfide) groups is 1. The third kappa shape index (κ3) is 5.64. The van der Waals surface area contributed by atoms with E-state index in [4.69, 9.17) is 14.7 Å². The van der Waals surface area contributed by atoms with Crippen LogP contribution in [-0.4, -0.2) is 24.9 Å². The quantitative estimate of drug-likeness (QED) is 0.442. The molecule has 0 N–H and O–H groups in total. The Kier molecular flexibility index (Phi) is 6.45. The summed E-state index contributed by atoms with van der Waals surface area (Å²) in [6.07, 6.45) is 0. The van der Waals surface area contributed by atoms with Crippen LogP contribution in [0.15, 0.2) is 53.4 Å². The average molecular weight is 331 g/mol. The van der Waals surface area contributed by atoms with E-state index in [1.807, 2.05) is 6.07 Å². The summed E-state index contributed by atoms with van der Waals surface area (Å²) in [6, 6.07) is 14.9. The predicted molar refractivity (Wildman–Crippen MR) is 84.7 cm³/mol. The second kappa shape index (κ2) is 8.81. The number of ether oxygens (including phenoxy) is 2. The second-order valence-corrected chi connectivity index (χ2v) is 5.56. The van der Waals surface area contributed by atoms with Crippen LogP contribution < -0.4 is 4.74 Å². The highest BCUT2D eigenvalue weighted by atomic mass is 32.2. The van der Waals surface area contributed by atoms with Gasteiger partial charge in [-0.25, -0.2) is 9.18 Å². The minimum atomic E-state index is -0.497. The number of nitriles is 1. The molecule has 6 heteroatoms. The van der Waals surface area contributed by atoms with Crippen LogP contribution in [0.1, 0.15) is 5.56 Å². The highest BCUT2D eigenvalue weighted by Crippen LogP contribution is 2.20. The molecule has 2 aromatic carbocycles. The highest BCUT2D eigenvalue weighted by Gasteiger charge is 2.06. The van der Waals surface area contributed by atoms with Gasteiger partial charge in [0.1, 0.15) is 18.2 Å². The highest BCUT2D eigenvalue weighted by molar-refractivity contribution is 7.99. The third-order valence-electron chi connectivity index (χ3n) is 2.78. The molecule has 2 aromatic rings. The molecule has 118 valence electrons. The number of benzene rings is 2. The molecule has 0 unspecified atom stereocenters. The van der Waals surface area contributed by atoms with Crippen molar-refractivity contribution < 1.29 is 18.7 Å². The smallest absolute Gasteiger partial charge is 0.344 e. The molecule has 0 aliphatic heterocycles. The second-order valence-electron chi connectivity index (χ2n) is 4.42. The number of rotatable bonds is 7. The lowest BCUT2D eigenvalue weighted by Crippen LogP contribution is -2.16. The molecule has 0 aliphatic carbocycles. The summed E-state index contributed by atoms with van der Waals surface area (Å²) in [4.78, 5) is 12.1. The molecule has 0 amide bonds. The Morgan fingerprint density at radius 2 is 1.91 bits per heavy atom. The Morgan fingerprint density at radius 3 is 2.61 bits per heavy atom. The summed E-state index contributed by atoms with van der Waals surface area (Å²) in [5, 5.41) is 8.68. The van der Waals surface area contributed by atoms with Crippen molar-refractivity contribution >= 4 is 17.7 Å². The molecule has 0 fully saturated rings. The summed E-state index contributed by atoms with van der Waals surface area (Å²) in [5.74, 6) is 0.168. The van der Waals surface area contributed by atoms with Crippen molar-refractivity contribution in [1.82, 2.24) is 0 Å². The van der Waals surface area contributed by atoms with Crippen LogP contribution in [0.3, 0.4) is 0 Å². The van der Waals surface area contributed by atoms with Crippen LogP contribution in [0.2, 0.25) is 0 Å². The molecule has 0 bridgehead atoms. The average Bonchev–Trinajstić information content (AvgIpc) is 2.59. The van der Waals surface area contributed by atoms with Crippen LogP contribution in [0.5, 0.6) is 5.75 Å². The Labute approximate surface area is 137 Å². The van der Waals surface area contributed by atoms with Crippen molar-refractivity contribution in [2.24, 2.45) is 0 Å². The van der Waals surface area contributed by atoms with E-state index in [9.17, 15) is 9.18 Å². The van der Waals surface area contributed by atoms with Gasteiger partial charge in [-0.05, 0) is 36.4 Å². The first-order chi connectivity index (χ1) is 11.2. The van der Waals surface area contributed by atoms with Gasteiger partial charge in [-0.15, -0.1) is 11.8 Å². The van der Waals surface area contributed by atoms with E-state index in [0.29, 0.717) is 22.0 Å². The number of hydrogen-bond donors (Lipinski definition) is 0. The number of hydrogen-bond acceptors (Lipinski definition) is 5. The number of nitrogens with zero attached hydrogens (tertiary/aromatic N) is 1. The van der Waals surface area contributed by atoms with Gasteiger partial charge in [0.25, 0.3) is 0 Å². The lowest BCUT2D eigenvalue weighted by atomic mass is 10.2. The summed E-state index contributed by atoms with van der Waals surface area (Å²) < 4.78 is 23.6. The first kappa shape index (κ1) is 16.8. The van der Waals surface area contributed by atoms with E-state index >= 15 is 0 Å². The van der Waals surface area contributed by atoms with Crippen LogP contribution in [0.4, 0.5) is 4.39 Å². The Bertz CT molecular complexity index is 698. The molecule has 0 heterocycles. The van der Waals surface area contributed by atoms with Crippen LogP contribution in [0.25, 0.3) is 0 Å². The van der Waals surface area contributed by atoms with Gasteiger partial charge in [0.15, 0.2) is 6.61 Å². The maximum Gasteiger partial charge on any atom is 0.344 e. The maximum atomic E-state index is 13.4. The summed E-state index contributed by atoms with van der Waals surface area (Å²) in [5.41, 5.74) is 0.519. The summed E-state index contributed by atoms with van der Waals surface area (Å²) in [7, 11) is 0. The molecule has 23 heavy (non-hydrogen) atoms. The van der Waals surface area contributed by atoms with Crippen LogP contribution >= 0.6 is 11.8 Å². The van der Waals surface area contributed by atoms with Gasteiger partial charge in [-0.3, -0.25) is 0 Å². The van der Waals surface area contributed by atoms with Gasteiger partial charge in [0, 0.05) is 10.6 Å². The van der Waals surface area contributed by atoms with Crippen molar-refractivity contribution in [2.75, 3.05) is 19.0 Å². The van der Waals surface area contributed by atoms with Gasteiger partial charge in [-0.2, -0.15) is 5.26 Å². The molecule has 2 rings (SSSR count). The van der Waals surface area contributed by atoms with Gasteiger partial charge < -0.3 is 9.47 Å². The molecular formula is C17H14FNO3S. The zero-order chi connectivity index (χ0) is 16.5. The molecule has 0 radical (unpaired) electrons. The Morgan fingerprint density at radius 1 is 1.17 bits per heavy atom. The minimum absolute atomic E-state index is 0.175. The van der Waals surface area contributed by atoms with E-state index in [2.05, 4.69) is 0 Å². The molecule has 0 atom stereocenters. The van der Waals surface area contributed by atoms with E-state index in [-0.39, 0.29) is 19.0 Å². The van der Waals surface area contributed by atoms with Gasteiger partial charge in [0.05, 0.1) is 11.6 Å². The van der Waals surface area contributed by atoms with E-state index in [1.165, 1.54) is 17.8 Å². The number of carbonyl (C=O) groups excluding carboxylic acids is 1. The standard InChI is InChI=1S/C17H14FNO3S/c18-15-3-1-2-4-16(15)23-10-9-21-17(20)12-22-14-7-5-13(11-19)6-8-14/h1-8H,9-10,12H2. The zero-order valence-electron chi connectivity index (χ0n) is 12.2. The molecule has 0 saturated carbocycles. The van der Waals surface area contributed by atoms with Crippen molar-refractivity contribution in [3.63, 3.8) is 0 Å². The number of halogens is 1. The molecule has 0 aromatic heterocycles. The van der Waals surface area contributed by atoms with Crippen molar-refractivity contribution in [1.29, 1.82) is 5.26 Å². The monoisotopic (exact) mass is 331 g/mol. The largest absolute Gasteiger partial charge is 0.482 e. The zero-order valence-corrected chi connectivity index (χ0v) is 13.0. The van der Waals surface area contributed by atoms with E-state index in [0.717, 1.165) is 0 Å². The lowest BCUT2D eigenvalue weighted by Gasteiger charge is -2.07. The maximum absolute atomic E-state index is 13.4. The van der Waals surface area contributed by atoms with Gasteiger partial charge >= 0.3 is 5.97 Å². The van der Waals surface area contributed by atoms with E-state index in [1.54, 1.807) is 42.5 Å². The first-order valence-electron chi connectivity index (χ1n) is 6.85. The fourth-order valence-corrected chi connectivity index (χ4v) is 2.45. The lowest BCUT2D eigenvalue weighted by molar-refractivity contribution is -0.145. The van der Waals surface area contributed by atoms with Crippen LogP contribution in [0, 0.1) is 17.1 Å². The third-order valence-corrected chi connectivity index (χ3v) is 3.79. The SMILES string of the molecule is N#Cc1ccc(OCC(=O)OCCSc2ccccc2F)cc1. The fraction of sp³-hybridized carbons (Fsp3) is 0.176. The normalized spacial score (nSPS) is 9.91. The summed E-state index contributed by atoms with van der Waals surface area (Å²) >= 11 is 1.28. The van der Waals surface area contributed by atoms with Crippen molar-refractivity contribution in [3.8, 4) is 11.8 Å². The Balaban J connectivity index is 1.65. The predicted octanol–water partition coefficient (Wildman–Crippen LogP) is 3.41. The van der Waals surface area contributed by atoms with Crippen molar-refractivity contribution in [3.05, 3.63) is 59.9 Å². The number of carbonyl (C=O) groups is 1. The van der Waals surface area contributed by atoms with Crippen LogP contribution in [-0.2, 0) is 9.53 Å². The molecular weight excluding hydrogens is 317 g/mol. The first-order valence-corrected chi connectivity index (χ1v) is 7.83. The van der Waals surface area contributed by atoms with Gasteiger partial charge in [-0.1, -0.05) is 12.1 Å². The molecule has 0 saturated heterocycles. The number of esters is 1. The molecule has 0 spiro atoms. The van der Waals surface area contributed by atoms with Gasteiger partial charge in [0.2, 0.25) is 0 Å². The van der Waals surface area contributed by atoms with E-state index < -0.39 is 5.97 Å². The molecule has 0 aliphatic rings. The van der Waals surface area contributed by atoms with Crippen molar-refractivity contribution in [2.45, 2.75) is 4.90 Å². The molecule has 4 nitrogen and oxygen atoms in total.